The molecular formula is C9H5FIN. The minimum atomic E-state index is -0.418. The van der Waals surface area contributed by atoms with Gasteiger partial charge >= 0.3 is 0 Å². The molecule has 1 aromatic carbocycles. The van der Waals surface area contributed by atoms with Crippen LogP contribution in [-0.4, -0.2) is 4.98 Å². The highest BCUT2D eigenvalue weighted by Crippen LogP contribution is 2.18. The van der Waals surface area contributed by atoms with Gasteiger partial charge in [0.15, 0.2) is 0 Å². The van der Waals surface area contributed by atoms with Gasteiger partial charge in [0.05, 0.1) is 5.52 Å². The molecule has 2 aromatic rings. The molecular weight excluding hydrogens is 268 g/mol. The third kappa shape index (κ3) is 1.29. The van der Waals surface area contributed by atoms with Crippen molar-refractivity contribution in [2.45, 2.75) is 0 Å². The van der Waals surface area contributed by atoms with Crippen molar-refractivity contribution >= 4 is 33.5 Å². The number of hydrogen-bond donors (Lipinski definition) is 0. The lowest BCUT2D eigenvalue weighted by molar-refractivity contribution is 0.588. The Balaban J connectivity index is 2.89. The molecule has 0 aliphatic heterocycles. The Morgan fingerprint density at radius 3 is 2.83 bits per heavy atom. The summed E-state index contributed by atoms with van der Waals surface area (Å²) in [6.07, 6.45) is 0. The lowest BCUT2D eigenvalue weighted by Crippen LogP contribution is -1.86. The molecule has 0 unspecified atom stereocenters. The van der Waals surface area contributed by atoms with Crippen LogP contribution in [0.15, 0.2) is 30.3 Å². The topological polar surface area (TPSA) is 12.9 Å². The first-order chi connectivity index (χ1) is 5.77. The summed E-state index contributed by atoms with van der Waals surface area (Å²) >= 11 is 2.10. The fourth-order valence-electron chi connectivity index (χ4n) is 1.10. The van der Waals surface area contributed by atoms with Crippen molar-refractivity contribution in [3.05, 3.63) is 39.8 Å². The monoisotopic (exact) mass is 273 g/mol. The van der Waals surface area contributed by atoms with Gasteiger partial charge in [-0.3, -0.25) is 0 Å². The average molecular weight is 273 g/mol. The van der Waals surface area contributed by atoms with Gasteiger partial charge in [-0.25, -0.2) is 4.98 Å². The minimum absolute atomic E-state index is 0.418. The van der Waals surface area contributed by atoms with Crippen LogP contribution in [-0.2, 0) is 0 Å². The summed E-state index contributed by atoms with van der Waals surface area (Å²) in [6.45, 7) is 0. The fraction of sp³-hybridized carbons (Fsp3) is 0. The second-order valence-electron chi connectivity index (χ2n) is 2.44. The molecule has 0 bridgehead atoms. The van der Waals surface area contributed by atoms with Crippen molar-refractivity contribution in [1.29, 1.82) is 0 Å². The van der Waals surface area contributed by atoms with Crippen LogP contribution in [0.3, 0.4) is 0 Å². The van der Waals surface area contributed by atoms with E-state index in [1.165, 1.54) is 6.07 Å². The molecule has 0 aliphatic carbocycles. The highest BCUT2D eigenvalue weighted by molar-refractivity contribution is 14.1. The first-order valence-electron chi connectivity index (χ1n) is 3.48. The Kier molecular flexibility index (Phi) is 1.96. The summed E-state index contributed by atoms with van der Waals surface area (Å²) in [4.78, 5) is 3.77. The highest BCUT2D eigenvalue weighted by Gasteiger charge is 2.00. The standard InChI is InChI=1S/C9H5FIN/c10-9-5-7(11)6-3-1-2-4-8(6)12-9/h1-5H. The fourth-order valence-corrected chi connectivity index (χ4v) is 1.82. The number of fused-ring (bicyclic) bond motifs is 1. The zero-order valence-electron chi connectivity index (χ0n) is 6.09. The van der Waals surface area contributed by atoms with Crippen LogP contribution in [0, 0.1) is 9.52 Å². The molecule has 0 saturated heterocycles. The highest BCUT2D eigenvalue weighted by atomic mass is 127. The maximum atomic E-state index is 12.8. The van der Waals surface area contributed by atoms with Gasteiger partial charge in [0, 0.05) is 15.0 Å². The predicted molar refractivity (Wildman–Crippen MR) is 54.4 cm³/mol. The van der Waals surface area contributed by atoms with Gasteiger partial charge in [0.1, 0.15) is 0 Å². The Hall–Kier alpha value is -0.710. The summed E-state index contributed by atoms with van der Waals surface area (Å²) in [5.74, 6) is -0.418. The van der Waals surface area contributed by atoms with E-state index in [-0.39, 0.29) is 0 Å². The Bertz CT molecular complexity index is 428. The SMILES string of the molecule is Fc1cc(I)c2ccccc2n1. The number of pyridine rings is 1. The molecule has 0 fully saturated rings. The maximum absolute atomic E-state index is 12.8. The third-order valence-corrected chi connectivity index (χ3v) is 2.53. The Morgan fingerprint density at radius 1 is 1.25 bits per heavy atom. The molecule has 0 N–H and O–H groups in total. The van der Waals surface area contributed by atoms with E-state index >= 15 is 0 Å². The van der Waals surface area contributed by atoms with Crippen molar-refractivity contribution < 1.29 is 4.39 Å². The third-order valence-electron chi connectivity index (χ3n) is 1.63. The number of halogens is 2. The van der Waals surface area contributed by atoms with Crippen LogP contribution in [0.5, 0.6) is 0 Å². The van der Waals surface area contributed by atoms with Gasteiger partial charge in [-0.05, 0) is 28.7 Å². The molecule has 1 nitrogen and oxygen atoms in total. The van der Waals surface area contributed by atoms with Gasteiger partial charge in [-0.1, -0.05) is 18.2 Å². The Labute approximate surface area is 82.8 Å². The number of rotatable bonds is 0. The van der Waals surface area contributed by atoms with E-state index in [0.29, 0.717) is 5.52 Å². The quantitative estimate of drug-likeness (QED) is 0.531. The lowest BCUT2D eigenvalue weighted by Gasteiger charge is -1.98. The summed E-state index contributed by atoms with van der Waals surface area (Å²) in [6, 6.07) is 8.95. The van der Waals surface area contributed by atoms with Crippen LogP contribution >= 0.6 is 22.6 Å². The second kappa shape index (κ2) is 2.97. The maximum Gasteiger partial charge on any atom is 0.214 e. The first kappa shape index (κ1) is 7.91. The lowest BCUT2D eigenvalue weighted by atomic mass is 10.2. The van der Waals surface area contributed by atoms with Gasteiger partial charge in [0.2, 0.25) is 5.95 Å². The molecule has 3 heteroatoms. The van der Waals surface area contributed by atoms with Gasteiger partial charge in [0.25, 0.3) is 0 Å². The van der Waals surface area contributed by atoms with Gasteiger partial charge in [-0.15, -0.1) is 0 Å². The number of nitrogens with zero attached hydrogens (tertiary/aromatic N) is 1. The Morgan fingerprint density at radius 2 is 2.00 bits per heavy atom. The number of hydrogen-bond acceptors (Lipinski definition) is 1. The van der Waals surface area contributed by atoms with Crippen LogP contribution in [0.4, 0.5) is 4.39 Å². The summed E-state index contributed by atoms with van der Waals surface area (Å²) < 4.78 is 13.7. The smallest absolute Gasteiger partial charge is 0.214 e. The molecule has 0 atom stereocenters. The van der Waals surface area contributed by atoms with E-state index in [9.17, 15) is 4.39 Å². The summed E-state index contributed by atoms with van der Waals surface area (Å²) in [5.41, 5.74) is 0.710. The van der Waals surface area contributed by atoms with Crippen molar-refractivity contribution in [3.8, 4) is 0 Å². The van der Waals surface area contributed by atoms with E-state index in [2.05, 4.69) is 27.6 Å². The number of para-hydroxylation sites is 1. The largest absolute Gasteiger partial charge is 0.220 e. The second-order valence-corrected chi connectivity index (χ2v) is 3.61. The van der Waals surface area contributed by atoms with Gasteiger partial charge in [-0.2, -0.15) is 4.39 Å². The van der Waals surface area contributed by atoms with E-state index in [0.717, 1.165) is 8.96 Å². The van der Waals surface area contributed by atoms with Crippen LogP contribution < -0.4 is 0 Å². The molecule has 1 aromatic heterocycles. The van der Waals surface area contributed by atoms with Crippen molar-refractivity contribution in [2.24, 2.45) is 0 Å². The first-order valence-corrected chi connectivity index (χ1v) is 4.56. The van der Waals surface area contributed by atoms with Crippen LogP contribution in [0.25, 0.3) is 10.9 Å². The molecule has 0 saturated carbocycles. The summed E-state index contributed by atoms with van der Waals surface area (Å²) in [7, 11) is 0. The van der Waals surface area contributed by atoms with Crippen LogP contribution in [0.1, 0.15) is 0 Å². The number of aromatic nitrogens is 1. The van der Waals surface area contributed by atoms with Crippen LogP contribution in [0.2, 0.25) is 0 Å². The summed E-state index contributed by atoms with van der Waals surface area (Å²) in [5, 5.41) is 1.000. The average Bonchev–Trinajstić information content (AvgIpc) is 2.04. The van der Waals surface area contributed by atoms with Crippen molar-refractivity contribution in [3.63, 3.8) is 0 Å². The number of benzene rings is 1. The van der Waals surface area contributed by atoms with E-state index in [4.69, 9.17) is 0 Å². The molecule has 12 heavy (non-hydrogen) atoms. The molecule has 1 heterocycles. The molecule has 0 aliphatic rings. The van der Waals surface area contributed by atoms with Gasteiger partial charge < -0.3 is 0 Å². The molecule has 60 valence electrons. The van der Waals surface area contributed by atoms with Crippen molar-refractivity contribution in [1.82, 2.24) is 4.98 Å². The zero-order chi connectivity index (χ0) is 8.55. The molecule has 2 rings (SSSR count). The predicted octanol–water partition coefficient (Wildman–Crippen LogP) is 2.98. The van der Waals surface area contributed by atoms with E-state index < -0.39 is 5.95 Å². The normalized spacial score (nSPS) is 10.5. The molecule has 0 radical (unpaired) electrons. The minimum Gasteiger partial charge on any atom is -0.220 e. The zero-order valence-corrected chi connectivity index (χ0v) is 8.25. The molecule has 0 spiro atoms. The van der Waals surface area contributed by atoms with Crippen molar-refractivity contribution in [2.75, 3.05) is 0 Å². The van der Waals surface area contributed by atoms with E-state index in [1.807, 2.05) is 18.2 Å². The molecule has 0 amide bonds. The van der Waals surface area contributed by atoms with E-state index in [1.54, 1.807) is 6.07 Å².